The smallest absolute Gasteiger partial charge is 0.254 e. The van der Waals surface area contributed by atoms with Gasteiger partial charge in [0.1, 0.15) is 17.7 Å². The summed E-state index contributed by atoms with van der Waals surface area (Å²) in [5.74, 6) is 0.399. The van der Waals surface area contributed by atoms with Crippen molar-refractivity contribution in [3.63, 3.8) is 0 Å². The number of hydrogen-bond donors (Lipinski definition) is 0. The van der Waals surface area contributed by atoms with Gasteiger partial charge in [-0.1, -0.05) is 24.3 Å². The molecule has 0 saturated carbocycles. The molecule has 1 saturated heterocycles. The van der Waals surface area contributed by atoms with Gasteiger partial charge in [0.15, 0.2) is 0 Å². The molecule has 0 N–H and O–H groups in total. The molecule has 1 amide bonds. The van der Waals surface area contributed by atoms with E-state index in [1.807, 2.05) is 32.0 Å². The molecule has 3 nitrogen and oxygen atoms in total. The first-order chi connectivity index (χ1) is 11.0. The summed E-state index contributed by atoms with van der Waals surface area (Å²) in [5, 5.41) is 0. The maximum absolute atomic E-state index is 13.6. The van der Waals surface area contributed by atoms with E-state index in [1.165, 1.54) is 6.07 Å². The summed E-state index contributed by atoms with van der Waals surface area (Å²) in [7, 11) is 0. The normalized spacial score (nSPS) is 14.5. The van der Waals surface area contributed by atoms with Gasteiger partial charge in [-0.3, -0.25) is 4.79 Å². The number of ether oxygens (including phenoxy) is 1. The van der Waals surface area contributed by atoms with Crippen molar-refractivity contribution in [1.29, 1.82) is 0 Å². The van der Waals surface area contributed by atoms with Gasteiger partial charge in [0.05, 0.1) is 13.1 Å². The van der Waals surface area contributed by atoms with Crippen LogP contribution >= 0.6 is 0 Å². The fourth-order valence-corrected chi connectivity index (χ4v) is 2.74. The van der Waals surface area contributed by atoms with Gasteiger partial charge < -0.3 is 9.64 Å². The van der Waals surface area contributed by atoms with E-state index in [9.17, 15) is 9.18 Å². The molecule has 4 heteroatoms. The lowest BCUT2D eigenvalue weighted by Crippen LogP contribution is -2.56. The van der Waals surface area contributed by atoms with Crippen LogP contribution in [-0.2, 0) is 0 Å². The number of aryl methyl sites for hydroxylation is 3. The number of carbonyl (C=O) groups excluding carboxylic acids is 1. The van der Waals surface area contributed by atoms with Crippen LogP contribution in [0, 0.1) is 26.6 Å². The average Bonchev–Trinajstić information content (AvgIpc) is 2.47. The molecule has 0 spiro atoms. The molecular formula is C19H20FNO2. The van der Waals surface area contributed by atoms with E-state index in [0.29, 0.717) is 24.2 Å². The van der Waals surface area contributed by atoms with E-state index < -0.39 is 0 Å². The second-order valence-electron chi connectivity index (χ2n) is 6.13. The fraction of sp³-hybridized carbons (Fsp3) is 0.316. The molecule has 1 aliphatic heterocycles. The van der Waals surface area contributed by atoms with Crippen molar-refractivity contribution in [1.82, 2.24) is 4.90 Å². The zero-order valence-corrected chi connectivity index (χ0v) is 13.6. The van der Waals surface area contributed by atoms with Crippen molar-refractivity contribution >= 4 is 5.91 Å². The minimum atomic E-state index is -0.347. The molecule has 3 rings (SSSR count). The van der Waals surface area contributed by atoms with Crippen LogP contribution in [0.1, 0.15) is 27.0 Å². The Bertz CT molecular complexity index is 731. The van der Waals surface area contributed by atoms with E-state index in [4.69, 9.17) is 4.74 Å². The van der Waals surface area contributed by atoms with Crippen molar-refractivity contribution in [2.24, 2.45) is 0 Å². The molecule has 120 valence electrons. The molecule has 0 aromatic heterocycles. The van der Waals surface area contributed by atoms with Crippen molar-refractivity contribution in [3.05, 3.63) is 64.5 Å². The number of nitrogens with zero attached hydrogens (tertiary/aromatic N) is 1. The first kappa shape index (κ1) is 15.5. The Morgan fingerprint density at radius 3 is 2.35 bits per heavy atom. The van der Waals surface area contributed by atoms with Gasteiger partial charge in [0.2, 0.25) is 0 Å². The highest BCUT2D eigenvalue weighted by Crippen LogP contribution is 2.26. The number of rotatable bonds is 3. The fourth-order valence-electron chi connectivity index (χ4n) is 2.74. The number of hydrogen-bond acceptors (Lipinski definition) is 2. The molecule has 0 atom stereocenters. The first-order valence-electron chi connectivity index (χ1n) is 7.74. The van der Waals surface area contributed by atoms with E-state index >= 15 is 0 Å². The Balaban J connectivity index is 1.62. The van der Waals surface area contributed by atoms with Crippen molar-refractivity contribution in [2.45, 2.75) is 26.9 Å². The minimum Gasteiger partial charge on any atom is -0.486 e. The summed E-state index contributed by atoms with van der Waals surface area (Å²) in [6.07, 6.45) is -0.00551. The summed E-state index contributed by atoms with van der Waals surface area (Å²) in [6.45, 7) is 6.77. The topological polar surface area (TPSA) is 29.5 Å². The SMILES string of the molecule is Cc1ccc(C(=O)N2CC(Oc3c(C)cccc3C)C2)cc1F. The maximum atomic E-state index is 13.6. The third-order valence-electron chi connectivity index (χ3n) is 4.25. The highest BCUT2D eigenvalue weighted by atomic mass is 19.1. The van der Waals surface area contributed by atoms with Crippen molar-refractivity contribution < 1.29 is 13.9 Å². The van der Waals surface area contributed by atoms with E-state index in [-0.39, 0.29) is 17.8 Å². The van der Waals surface area contributed by atoms with Crippen LogP contribution in [0.2, 0.25) is 0 Å². The first-order valence-corrected chi connectivity index (χ1v) is 7.74. The predicted octanol–water partition coefficient (Wildman–Crippen LogP) is 3.65. The number of benzene rings is 2. The molecule has 2 aromatic carbocycles. The molecule has 0 aliphatic carbocycles. The van der Waals surface area contributed by atoms with E-state index in [1.54, 1.807) is 24.0 Å². The summed E-state index contributed by atoms with van der Waals surface area (Å²) in [4.78, 5) is 14.0. The van der Waals surface area contributed by atoms with Crippen LogP contribution < -0.4 is 4.74 Å². The quantitative estimate of drug-likeness (QED) is 0.865. The average molecular weight is 313 g/mol. The number of likely N-dealkylation sites (tertiary alicyclic amines) is 1. The molecule has 0 bridgehead atoms. The predicted molar refractivity (Wildman–Crippen MR) is 87.4 cm³/mol. The second-order valence-corrected chi connectivity index (χ2v) is 6.13. The Morgan fingerprint density at radius 1 is 1.09 bits per heavy atom. The van der Waals surface area contributed by atoms with Crippen LogP contribution in [0.3, 0.4) is 0 Å². The Hall–Kier alpha value is -2.36. The third-order valence-corrected chi connectivity index (χ3v) is 4.25. The molecule has 23 heavy (non-hydrogen) atoms. The van der Waals surface area contributed by atoms with Gasteiger partial charge in [0, 0.05) is 5.56 Å². The maximum Gasteiger partial charge on any atom is 0.254 e. The van der Waals surface area contributed by atoms with Gasteiger partial charge in [-0.2, -0.15) is 0 Å². The van der Waals surface area contributed by atoms with Crippen LogP contribution in [0.4, 0.5) is 4.39 Å². The summed E-state index contributed by atoms with van der Waals surface area (Å²) in [6, 6.07) is 10.6. The molecular weight excluding hydrogens is 293 g/mol. The lowest BCUT2D eigenvalue weighted by molar-refractivity contribution is 0.0173. The molecule has 1 heterocycles. The van der Waals surface area contributed by atoms with Crippen molar-refractivity contribution in [2.75, 3.05) is 13.1 Å². The number of para-hydroxylation sites is 1. The number of amides is 1. The Labute approximate surface area is 135 Å². The Morgan fingerprint density at radius 2 is 1.74 bits per heavy atom. The van der Waals surface area contributed by atoms with E-state index in [0.717, 1.165) is 16.9 Å². The Kier molecular flexibility index (Phi) is 4.07. The van der Waals surface area contributed by atoms with Crippen LogP contribution in [0.15, 0.2) is 36.4 Å². The van der Waals surface area contributed by atoms with Gasteiger partial charge in [-0.05, 0) is 49.6 Å². The van der Waals surface area contributed by atoms with Gasteiger partial charge in [-0.25, -0.2) is 4.39 Å². The number of halogens is 1. The van der Waals surface area contributed by atoms with Crippen LogP contribution in [-0.4, -0.2) is 30.0 Å². The second kappa shape index (κ2) is 6.03. The van der Waals surface area contributed by atoms with Crippen LogP contribution in [0.5, 0.6) is 5.75 Å². The van der Waals surface area contributed by atoms with Gasteiger partial charge in [-0.15, -0.1) is 0 Å². The number of carbonyl (C=O) groups is 1. The highest BCUT2D eigenvalue weighted by Gasteiger charge is 2.33. The zero-order chi connectivity index (χ0) is 16.6. The standard InChI is InChI=1S/C19H20FNO2/c1-12-7-8-15(9-17(12)20)19(22)21-10-16(11-21)23-18-13(2)5-4-6-14(18)3/h4-9,16H,10-11H2,1-3H3. The molecule has 2 aromatic rings. The molecule has 0 radical (unpaired) electrons. The minimum absolute atomic E-state index is 0.00551. The lowest BCUT2D eigenvalue weighted by atomic mass is 10.1. The largest absolute Gasteiger partial charge is 0.486 e. The molecule has 0 unspecified atom stereocenters. The molecule has 1 aliphatic rings. The zero-order valence-electron chi connectivity index (χ0n) is 13.6. The highest BCUT2D eigenvalue weighted by molar-refractivity contribution is 5.94. The lowest BCUT2D eigenvalue weighted by Gasteiger charge is -2.39. The molecule has 1 fully saturated rings. The van der Waals surface area contributed by atoms with Gasteiger partial charge >= 0.3 is 0 Å². The summed E-state index contributed by atoms with van der Waals surface area (Å²) >= 11 is 0. The van der Waals surface area contributed by atoms with E-state index in [2.05, 4.69) is 0 Å². The summed E-state index contributed by atoms with van der Waals surface area (Å²) < 4.78 is 19.6. The van der Waals surface area contributed by atoms with Crippen LogP contribution in [0.25, 0.3) is 0 Å². The summed E-state index contributed by atoms with van der Waals surface area (Å²) in [5.41, 5.74) is 3.12. The van der Waals surface area contributed by atoms with Crippen molar-refractivity contribution in [3.8, 4) is 5.75 Å². The van der Waals surface area contributed by atoms with Gasteiger partial charge in [0.25, 0.3) is 5.91 Å². The third kappa shape index (κ3) is 3.07. The monoisotopic (exact) mass is 313 g/mol.